The lowest BCUT2D eigenvalue weighted by atomic mass is 9.79. The van der Waals surface area contributed by atoms with Crippen molar-refractivity contribution in [2.24, 2.45) is 10.7 Å². The molecule has 1 heterocycles. The number of methoxy groups -OCH3 is 1. The normalized spacial score (nSPS) is 26.9. The summed E-state index contributed by atoms with van der Waals surface area (Å²) in [6.45, 7) is 0. The second kappa shape index (κ2) is 3.51. The van der Waals surface area contributed by atoms with Gasteiger partial charge in [0.25, 0.3) is 0 Å². The summed E-state index contributed by atoms with van der Waals surface area (Å²) in [4.78, 5) is 4.52. The van der Waals surface area contributed by atoms with Crippen LogP contribution in [-0.2, 0) is 6.42 Å². The molecule has 3 rings (SSSR count). The quantitative estimate of drug-likeness (QED) is 0.778. The zero-order valence-corrected chi connectivity index (χ0v) is 9.44. The summed E-state index contributed by atoms with van der Waals surface area (Å²) in [6.07, 6.45) is 3.13. The van der Waals surface area contributed by atoms with Crippen molar-refractivity contribution in [3.05, 3.63) is 29.3 Å². The van der Waals surface area contributed by atoms with Crippen molar-refractivity contribution in [1.29, 1.82) is 0 Å². The van der Waals surface area contributed by atoms with Gasteiger partial charge in [-0.25, -0.2) is 0 Å². The minimum Gasteiger partial charge on any atom is -0.497 e. The van der Waals surface area contributed by atoms with Crippen molar-refractivity contribution in [3.63, 3.8) is 0 Å². The number of aryl methyl sites for hydroxylation is 1. The third-order valence-electron chi connectivity index (χ3n) is 3.68. The summed E-state index contributed by atoms with van der Waals surface area (Å²) < 4.78 is 5.26. The van der Waals surface area contributed by atoms with Crippen molar-refractivity contribution >= 4 is 5.84 Å². The molecule has 0 saturated carbocycles. The molecule has 2 aliphatic rings. The molecule has 0 unspecified atom stereocenters. The van der Waals surface area contributed by atoms with E-state index in [9.17, 15) is 0 Å². The fraction of sp³-hybridized carbons (Fsp3) is 0.462. The number of nitrogens with two attached hydrogens (primary N) is 1. The van der Waals surface area contributed by atoms with Crippen LogP contribution in [-0.4, -0.2) is 19.0 Å². The number of aliphatic imine (C=N–C) groups is 1. The van der Waals surface area contributed by atoms with Crippen molar-refractivity contribution in [3.8, 4) is 5.75 Å². The molecule has 1 aliphatic carbocycles. The molecule has 0 radical (unpaired) electrons. The average Bonchev–Trinajstić information content (AvgIpc) is 2.69. The lowest BCUT2D eigenvalue weighted by Crippen LogP contribution is -2.20. The lowest BCUT2D eigenvalue weighted by molar-refractivity contribution is 0.412. The van der Waals surface area contributed by atoms with Crippen LogP contribution in [0.4, 0.5) is 0 Å². The van der Waals surface area contributed by atoms with E-state index in [-0.39, 0.29) is 0 Å². The van der Waals surface area contributed by atoms with E-state index in [0.717, 1.165) is 30.8 Å². The van der Waals surface area contributed by atoms with Gasteiger partial charge in [0, 0.05) is 12.3 Å². The van der Waals surface area contributed by atoms with E-state index in [4.69, 9.17) is 10.5 Å². The highest BCUT2D eigenvalue weighted by atomic mass is 16.5. The topological polar surface area (TPSA) is 47.6 Å². The van der Waals surface area contributed by atoms with Crippen LogP contribution >= 0.6 is 0 Å². The summed E-state index contributed by atoms with van der Waals surface area (Å²) >= 11 is 0. The third-order valence-corrected chi connectivity index (χ3v) is 3.68. The fourth-order valence-electron chi connectivity index (χ4n) is 2.89. The number of amidine groups is 1. The summed E-state index contributed by atoms with van der Waals surface area (Å²) in [7, 11) is 1.71. The lowest BCUT2D eigenvalue weighted by Gasteiger charge is -2.27. The molecule has 0 aromatic heterocycles. The number of hydrogen-bond donors (Lipinski definition) is 1. The van der Waals surface area contributed by atoms with Crippen LogP contribution in [0, 0.1) is 0 Å². The van der Waals surface area contributed by atoms with Gasteiger partial charge in [0.15, 0.2) is 0 Å². The Morgan fingerprint density at radius 2 is 2.31 bits per heavy atom. The van der Waals surface area contributed by atoms with Crippen LogP contribution in [0.3, 0.4) is 0 Å². The molecule has 0 spiro atoms. The van der Waals surface area contributed by atoms with Gasteiger partial charge >= 0.3 is 0 Å². The van der Waals surface area contributed by atoms with Gasteiger partial charge in [-0.15, -0.1) is 0 Å². The summed E-state index contributed by atoms with van der Waals surface area (Å²) in [5, 5.41) is 0. The molecule has 3 nitrogen and oxygen atoms in total. The maximum Gasteiger partial charge on any atom is 0.119 e. The van der Waals surface area contributed by atoms with Gasteiger partial charge in [-0.1, -0.05) is 6.07 Å². The zero-order valence-electron chi connectivity index (χ0n) is 9.44. The van der Waals surface area contributed by atoms with Gasteiger partial charge in [-0.2, -0.15) is 0 Å². The Bertz CT molecular complexity index is 453. The first kappa shape index (κ1) is 9.70. The Morgan fingerprint density at radius 1 is 1.44 bits per heavy atom. The number of rotatable bonds is 1. The van der Waals surface area contributed by atoms with Crippen molar-refractivity contribution < 1.29 is 4.74 Å². The van der Waals surface area contributed by atoms with E-state index >= 15 is 0 Å². The van der Waals surface area contributed by atoms with E-state index in [2.05, 4.69) is 17.1 Å². The van der Waals surface area contributed by atoms with Crippen LogP contribution in [0.25, 0.3) is 0 Å². The van der Waals surface area contributed by atoms with E-state index in [1.807, 2.05) is 6.07 Å². The molecular weight excluding hydrogens is 200 g/mol. The van der Waals surface area contributed by atoms with E-state index in [0.29, 0.717) is 12.0 Å². The van der Waals surface area contributed by atoms with E-state index in [1.165, 1.54) is 11.1 Å². The summed E-state index contributed by atoms with van der Waals surface area (Å²) in [5.74, 6) is 2.28. The molecule has 0 saturated heterocycles. The number of fused-ring (bicyclic) bond motifs is 3. The molecule has 2 N–H and O–H groups in total. The number of nitrogens with zero attached hydrogens (tertiary/aromatic N) is 1. The maximum absolute atomic E-state index is 5.83. The molecule has 3 heteroatoms. The number of benzene rings is 1. The molecule has 1 aliphatic heterocycles. The van der Waals surface area contributed by atoms with Crippen LogP contribution < -0.4 is 10.5 Å². The van der Waals surface area contributed by atoms with Gasteiger partial charge in [-0.05, 0) is 36.1 Å². The summed E-state index contributed by atoms with van der Waals surface area (Å²) in [5.41, 5.74) is 8.66. The van der Waals surface area contributed by atoms with E-state index in [1.54, 1.807) is 7.11 Å². The van der Waals surface area contributed by atoms with Crippen molar-refractivity contribution in [1.82, 2.24) is 0 Å². The van der Waals surface area contributed by atoms with Crippen LogP contribution in [0.1, 0.15) is 29.9 Å². The second-order valence-corrected chi connectivity index (χ2v) is 4.60. The molecule has 1 aromatic rings. The Morgan fingerprint density at radius 3 is 3.12 bits per heavy atom. The highest BCUT2D eigenvalue weighted by Gasteiger charge is 2.34. The highest BCUT2D eigenvalue weighted by molar-refractivity contribution is 5.83. The Kier molecular flexibility index (Phi) is 2.13. The average molecular weight is 216 g/mol. The monoisotopic (exact) mass is 216 g/mol. The molecule has 16 heavy (non-hydrogen) atoms. The maximum atomic E-state index is 5.83. The van der Waals surface area contributed by atoms with Gasteiger partial charge in [0.1, 0.15) is 5.75 Å². The molecular formula is C13H16N2O. The first-order valence-electron chi connectivity index (χ1n) is 5.77. The zero-order chi connectivity index (χ0) is 11.1. The van der Waals surface area contributed by atoms with E-state index < -0.39 is 0 Å². The van der Waals surface area contributed by atoms with Crippen LogP contribution in [0.15, 0.2) is 23.2 Å². The van der Waals surface area contributed by atoms with Crippen molar-refractivity contribution in [2.45, 2.75) is 31.2 Å². The largest absolute Gasteiger partial charge is 0.497 e. The molecule has 0 bridgehead atoms. The molecule has 1 aromatic carbocycles. The van der Waals surface area contributed by atoms with Gasteiger partial charge < -0.3 is 10.5 Å². The Balaban J connectivity index is 1.99. The predicted molar refractivity (Wildman–Crippen MR) is 64.1 cm³/mol. The molecule has 0 amide bonds. The number of hydrogen-bond acceptors (Lipinski definition) is 3. The fourth-order valence-corrected chi connectivity index (χ4v) is 2.89. The third kappa shape index (κ3) is 1.39. The molecule has 2 atom stereocenters. The first-order chi connectivity index (χ1) is 7.78. The Hall–Kier alpha value is -1.51. The highest BCUT2D eigenvalue weighted by Crippen LogP contribution is 2.40. The Labute approximate surface area is 95.3 Å². The standard InChI is InChI=1S/C13H16N2O/c1-16-9-3-4-10-8(6-9)2-5-12-11(10)7-13(14)15-12/h3-4,6,11-12H,2,5,7H2,1H3,(H2,14,15)/t11-,12+/m0/s1. The van der Waals surface area contributed by atoms with Gasteiger partial charge in [-0.3, -0.25) is 4.99 Å². The van der Waals surface area contributed by atoms with Gasteiger partial charge in [0.05, 0.1) is 19.0 Å². The predicted octanol–water partition coefficient (Wildman–Crippen LogP) is 1.85. The van der Waals surface area contributed by atoms with Crippen LogP contribution in [0.5, 0.6) is 5.75 Å². The first-order valence-corrected chi connectivity index (χ1v) is 5.77. The number of ether oxygens (including phenoxy) is 1. The molecule has 0 fully saturated rings. The summed E-state index contributed by atoms with van der Waals surface area (Å²) in [6, 6.07) is 6.79. The smallest absolute Gasteiger partial charge is 0.119 e. The second-order valence-electron chi connectivity index (χ2n) is 4.60. The molecule has 84 valence electrons. The van der Waals surface area contributed by atoms with Gasteiger partial charge in [0.2, 0.25) is 0 Å². The van der Waals surface area contributed by atoms with Crippen LogP contribution in [0.2, 0.25) is 0 Å². The SMILES string of the molecule is COc1ccc2c(c1)CC[C@H]1N=C(N)C[C@@H]21. The van der Waals surface area contributed by atoms with Crippen molar-refractivity contribution in [2.75, 3.05) is 7.11 Å². The minimum atomic E-state index is 0.417. The minimum absolute atomic E-state index is 0.417.